The normalized spacial score (nSPS) is 20.9. The van der Waals surface area contributed by atoms with E-state index in [1.165, 1.54) is 0 Å². The summed E-state index contributed by atoms with van der Waals surface area (Å²) in [6, 6.07) is 0.804. The van der Waals surface area contributed by atoms with Gasteiger partial charge in [-0.15, -0.1) is 0 Å². The quantitative estimate of drug-likeness (QED) is 0.713. The summed E-state index contributed by atoms with van der Waals surface area (Å²) in [4.78, 5) is 16.4. The summed E-state index contributed by atoms with van der Waals surface area (Å²) in [7, 11) is 0. The Balaban J connectivity index is 2.34. The summed E-state index contributed by atoms with van der Waals surface area (Å²) in [5.41, 5.74) is -0.812. The standard InChI is InChI=1S/C16H33N3O2/c1-13(2)17-16(5,15(20)21)7-6-8-18-9-11-19(12-10-18)14(3)4/h13-14,17H,6-12H2,1-5H3,(H,20,21). The maximum Gasteiger partial charge on any atom is 0.323 e. The highest BCUT2D eigenvalue weighted by Gasteiger charge is 2.33. The first-order chi connectivity index (χ1) is 9.74. The molecule has 0 radical (unpaired) electrons. The lowest BCUT2D eigenvalue weighted by molar-refractivity contribution is -0.144. The Hall–Kier alpha value is -0.650. The number of hydrogen-bond acceptors (Lipinski definition) is 4. The van der Waals surface area contributed by atoms with Crippen LogP contribution in [-0.4, -0.2) is 71.2 Å². The monoisotopic (exact) mass is 299 g/mol. The lowest BCUT2D eigenvalue weighted by Crippen LogP contribution is -2.53. The average Bonchev–Trinajstić information content (AvgIpc) is 2.38. The molecule has 0 amide bonds. The van der Waals surface area contributed by atoms with Crippen LogP contribution < -0.4 is 5.32 Å². The van der Waals surface area contributed by atoms with Gasteiger partial charge >= 0.3 is 5.97 Å². The molecule has 1 aliphatic rings. The summed E-state index contributed by atoms with van der Waals surface area (Å²) < 4.78 is 0. The van der Waals surface area contributed by atoms with Crippen molar-refractivity contribution in [3.05, 3.63) is 0 Å². The highest BCUT2D eigenvalue weighted by Crippen LogP contribution is 2.15. The molecule has 0 spiro atoms. The Kier molecular flexibility index (Phi) is 7.10. The summed E-state index contributed by atoms with van der Waals surface area (Å²) in [5.74, 6) is -0.749. The van der Waals surface area contributed by atoms with E-state index in [4.69, 9.17) is 0 Å². The zero-order valence-electron chi connectivity index (χ0n) is 14.4. The maximum atomic E-state index is 11.5. The third-order valence-electron chi connectivity index (χ3n) is 4.37. The minimum Gasteiger partial charge on any atom is -0.480 e. The van der Waals surface area contributed by atoms with Crippen LogP contribution in [0.2, 0.25) is 0 Å². The predicted octanol–water partition coefficient (Wildman–Crippen LogP) is 1.63. The van der Waals surface area contributed by atoms with Crippen LogP contribution in [-0.2, 0) is 4.79 Å². The number of carboxylic acid groups (broad SMARTS) is 1. The minimum atomic E-state index is -0.812. The van der Waals surface area contributed by atoms with Gasteiger partial charge < -0.3 is 10.0 Å². The Morgan fingerprint density at radius 3 is 2.19 bits per heavy atom. The Morgan fingerprint density at radius 1 is 1.19 bits per heavy atom. The molecule has 0 aliphatic carbocycles. The van der Waals surface area contributed by atoms with Gasteiger partial charge in [0.1, 0.15) is 5.54 Å². The molecule has 1 atom stereocenters. The second kappa shape index (κ2) is 8.11. The summed E-state index contributed by atoms with van der Waals surface area (Å²) >= 11 is 0. The van der Waals surface area contributed by atoms with Gasteiger partial charge in [-0.1, -0.05) is 0 Å². The molecule has 1 unspecified atom stereocenters. The molecule has 0 aromatic carbocycles. The van der Waals surface area contributed by atoms with E-state index < -0.39 is 11.5 Å². The van der Waals surface area contributed by atoms with Crippen molar-refractivity contribution in [1.82, 2.24) is 15.1 Å². The first-order valence-corrected chi connectivity index (χ1v) is 8.22. The second-order valence-electron chi connectivity index (χ2n) is 7.01. The molecule has 0 aromatic heterocycles. The summed E-state index contributed by atoms with van der Waals surface area (Å²) in [5, 5.41) is 12.6. The highest BCUT2D eigenvalue weighted by atomic mass is 16.4. The molecular weight excluding hydrogens is 266 g/mol. The third kappa shape index (κ3) is 5.93. The SMILES string of the molecule is CC(C)NC(C)(CCCN1CCN(C(C)C)CC1)C(=O)O. The molecule has 1 heterocycles. The molecule has 1 saturated heterocycles. The van der Waals surface area contributed by atoms with Gasteiger partial charge in [0.25, 0.3) is 0 Å². The predicted molar refractivity (Wildman–Crippen MR) is 86.7 cm³/mol. The fourth-order valence-corrected chi connectivity index (χ4v) is 3.04. The lowest BCUT2D eigenvalue weighted by Gasteiger charge is -2.37. The molecular formula is C16H33N3O2. The van der Waals surface area contributed by atoms with Crippen LogP contribution in [0.25, 0.3) is 0 Å². The van der Waals surface area contributed by atoms with Crippen LogP contribution in [0.1, 0.15) is 47.5 Å². The molecule has 1 fully saturated rings. The van der Waals surface area contributed by atoms with Crippen LogP contribution in [0.5, 0.6) is 0 Å². The van der Waals surface area contributed by atoms with Gasteiger partial charge in [-0.3, -0.25) is 15.0 Å². The topological polar surface area (TPSA) is 55.8 Å². The molecule has 0 saturated carbocycles. The first-order valence-electron chi connectivity index (χ1n) is 8.22. The number of nitrogens with zero attached hydrogens (tertiary/aromatic N) is 2. The second-order valence-corrected chi connectivity index (χ2v) is 7.01. The van der Waals surface area contributed by atoms with Gasteiger partial charge in [0.05, 0.1) is 0 Å². The Morgan fingerprint density at radius 2 is 1.76 bits per heavy atom. The van der Waals surface area contributed by atoms with Crippen molar-refractivity contribution in [3.63, 3.8) is 0 Å². The van der Waals surface area contributed by atoms with Crippen LogP contribution >= 0.6 is 0 Å². The number of carboxylic acids is 1. The van der Waals surface area contributed by atoms with Crippen LogP contribution in [0.4, 0.5) is 0 Å². The summed E-state index contributed by atoms with van der Waals surface area (Å²) in [6.07, 6.45) is 1.59. The molecule has 124 valence electrons. The largest absolute Gasteiger partial charge is 0.480 e. The summed E-state index contributed by atoms with van der Waals surface area (Å²) in [6.45, 7) is 15.7. The number of carbonyl (C=O) groups is 1. The number of rotatable bonds is 8. The van der Waals surface area contributed by atoms with E-state index in [0.29, 0.717) is 12.5 Å². The van der Waals surface area contributed by atoms with Gasteiger partial charge in [-0.25, -0.2) is 0 Å². The van der Waals surface area contributed by atoms with Crippen LogP contribution in [0.3, 0.4) is 0 Å². The molecule has 21 heavy (non-hydrogen) atoms. The van der Waals surface area contributed by atoms with Crippen molar-refractivity contribution in [2.45, 2.75) is 65.1 Å². The van der Waals surface area contributed by atoms with E-state index in [2.05, 4.69) is 29.0 Å². The third-order valence-corrected chi connectivity index (χ3v) is 4.37. The molecule has 1 aliphatic heterocycles. The molecule has 5 nitrogen and oxygen atoms in total. The van der Waals surface area contributed by atoms with Gasteiger partial charge in [0.15, 0.2) is 0 Å². The van der Waals surface area contributed by atoms with E-state index >= 15 is 0 Å². The van der Waals surface area contributed by atoms with E-state index in [-0.39, 0.29) is 6.04 Å². The van der Waals surface area contributed by atoms with Crippen LogP contribution in [0, 0.1) is 0 Å². The van der Waals surface area contributed by atoms with E-state index in [9.17, 15) is 9.90 Å². The Bertz CT molecular complexity index is 325. The number of hydrogen-bond donors (Lipinski definition) is 2. The van der Waals surface area contributed by atoms with E-state index in [0.717, 1.165) is 39.1 Å². The van der Waals surface area contributed by atoms with Gasteiger partial charge in [-0.05, 0) is 54.0 Å². The maximum absolute atomic E-state index is 11.5. The van der Waals surface area contributed by atoms with Crippen molar-refractivity contribution in [1.29, 1.82) is 0 Å². The number of aliphatic carboxylic acids is 1. The average molecular weight is 299 g/mol. The molecule has 0 aromatic rings. The van der Waals surface area contributed by atoms with Crippen molar-refractivity contribution in [2.75, 3.05) is 32.7 Å². The van der Waals surface area contributed by atoms with Gasteiger partial charge in [0, 0.05) is 38.3 Å². The zero-order chi connectivity index (χ0) is 16.0. The Labute approximate surface area is 129 Å². The minimum absolute atomic E-state index is 0.181. The van der Waals surface area contributed by atoms with Crippen molar-refractivity contribution >= 4 is 5.97 Å². The highest BCUT2D eigenvalue weighted by molar-refractivity contribution is 5.78. The molecule has 0 bridgehead atoms. The zero-order valence-corrected chi connectivity index (χ0v) is 14.4. The van der Waals surface area contributed by atoms with Gasteiger partial charge in [-0.2, -0.15) is 0 Å². The fraction of sp³-hybridized carbons (Fsp3) is 0.938. The van der Waals surface area contributed by atoms with Crippen LogP contribution in [0.15, 0.2) is 0 Å². The van der Waals surface area contributed by atoms with Crippen molar-refractivity contribution in [2.24, 2.45) is 0 Å². The van der Waals surface area contributed by atoms with Gasteiger partial charge in [0.2, 0.25) is 0 Å². The van der Waals surface area contributed by atoms with E-state index in [1.54, 1.807) is 6.92 Å². The van der Waals surface area contributed by atoms with E-state index in [1.807, 2.05) is 13.8 Å². The molecule has 1 rings (SSSR count). The number of nitrogens with one attached hydrogen (secondary N) is 1. The van der Waals surface area contributed by atoms with Crippen molar-refractivity contribution in [3.8, 4) is 0 Å². The fourth-order valence-electron chi connectivity index (χ4n) is 3.04. The molecule has 5 heteroatoms. The smallest absolute Gasteiger partial charge is 0.323 e. The lowest BCUT2D eigenvalue weighted by atomic mass is 9.94. The number of piperazine rings is 1. The van der Waals surface area contributed by atoms with Crippen molar-refractivity contribution < 1.29 is 9.90 Å². The molecule has 2 N–H and O–H groups in total. The first kappa shape index (κ1) is 18.4.